The molecule has 2 nitrogen and oxygen atoms in total. The maximum atomic E-state index is 12.5. The summed E-state index contributed by atoms with van der Waals surface area (Å²) in [7, 11) is 0. The minimum absolute atomic E-state index is 0.0643. The van der Waals surface area contributed by atoms with Gasteiger partial charge in [-0.05, 0) is 29.4 Å². The molecule has 2 heteroatoms. The van der Waals surface area contributed by atoms with Crippen LogP contribution in [0.4, 0.5) is 0 Å². The molecule has 0 radical (unpaired) electrons. The zero-order chi connectivity index (χ0) is 16.9. The van der Waals surface area contributed by atoms with Crippen LogP contribution in [0.5, 0.6) is 5.75 Å². The molecule has 0 fully saturated rings. The van der Waals surface area contributed by atoms with Gasteiger partial charge in [0.15, 0.2) is 0 Å². The van der Waals surface area contributed by atoms with Gasteiger partial charge < -0.3 is 4.74 Å². The van der Waals surface area contributed by atoms with E-state index in [4.69, 9.17) is 4.74 Å². The molecule has 124 valence electrons. The van der Waals surface area contributed by atoms with Gasteiger partial charge in [0.1, 0.15) is 11.5 Å². The van der Waals surface area contributed by atoms with E-state index in [1.54, 1.807) is 0 Å². The van der Waals surface area contributed by atoms with Gasteiger partial charge in [-0.25, -0.2) is 0 Å². The summed E-state index contributed by atoms with van der Waals surface area (Å²) in [4.78, 5) is 12.5. The predicted molar refractivity (Wildman–Crippen MR) is 93.8 cm³/mol. The SMILES string of the molecule is CCCOc1ccc(C(C)(C)C)cc1C(C(=O)CC)C(C)C. The Balaban J connectivity index is 3.39. The Kier molecular flexibility index (Phi) is 6.65. The Morgan fingerprint density at radius 3 is 2.27 bits per heavy atom. The molecular weight excluding hydrogens is 272 g/mol. The third kappa shape index (κ3) is 4.59. The molecule has 1 rings (SSSR count). The van der Waals surface area contributed by atoms with Crippen molar-refractivity contribution in [2.45, 2.75) is 72.6 Å². The molecule has 0 aliphatic carbocycles. The van der Waals surface area contributed by atoms with Gasteiger partial charge in [-0.1, -0.05) is 60.6 Å². The second-order valence-electron chi connectivity index (χ2n) is 7.39. The van der Waals surface area contributed by atoms with Crippen molar-refractivity contribution in [3.63, 3.8) is 0 Å². The number of hydrogen-bond donors (Lipinski definition) is 0. The molecule has 0 bridgehead atoms. The number of rotatable bonds is 7. The van der Waals surface area contributed by atoms with Crippen LogP contribution < -0.4 is 4.74 Å². The lowest BCUT2D eigenvalue weighted by Crippen LogP contribution is -2.20. The van der Waals surface area contributed by atoms with Crippen molar-refractivity contribution < 1.29 is 9.53 Å². The molecular formula is C20H32O2. The Hall–Kier alpha value is -1.31. The molecule has 1 aromatic carbocycles. The molecule has 1 atom stereocenters. The molecule has 1 aromatic rings. The highest BCUT2D eigenvalue weighted by atomic mass is 16.5. The average Bonchev–Trinajstić information content (AvgIpc) is 2.44. The van der Waals surface area contributed by atoms with Crippen LogP contribution in [0, 0.1) is 5.92 Å². The first-order valence-electron chi connectivity index (χ1n) is 8.52. The zero-order valence-electron chi connectivity index (χ0n) is 15.3. The van der Waals surface area contributed by atoms with Crippen LogP contribution >= 0.6 is 0 Å². The summed E-state index contributed by atoms with van der Waals surface area (Å²) in [5.74, 6) is 1.35. The average molecular weight is 304 g/mol. The van der Waals surface area contributed by atoms with Crippen molar-refractivity contribution in [3.05, 3.63) is 29.3 Å². The summed E-state index contributed by atoms with van der Waals surface area (Å²) in [6, 6.07) is 6.36. The first-order valence-corrected chi connectivity index (χ1v) is 8.52. The van der Waals surface area contributed by atoms with Crippen molar-refractivity contribution in [2.24, 2.45) is 5.92 Å². The monoisotopic (exact) mass is 304 g/mol. The maximum absolute atomic E-state index is 12.5. The zero-order valence-corrected chi connectivity index (χ0v) is 15.3. The van der Waals surface area contributed by atoms with Crippen LogP contribution in [0.25, 0.3) is 0 Å². The highest BCUT2D eigenvalue weighted by Gasteiger charge is 2.27. The summed E-state index contributed by atoms with van der Waals surface area (Å²) in [6.07, 6.45) is 1.53. The maximum Gasteiger partial charge on any atom is 0.140 e. The van der Waals surface area contributed by atoms with Gasteiger partial charge in [0.05, 0.1) is 6.61 Å². The first-order chi connectivity index (χ1) is 10.2. The Morgan fingerprint density at radius 2 is 1.82 bits per heavy atom. The number of hydrogen-bond acceptors (Lipinski definition) is 2. The molecule has 0 spiro atoms. The minimum Gasteiger partial charge on any atom is -0.493 e. The third-order valence-corrected chi connectivity index (χ3v) is 4.03. The lowest BCUT2D eigenvalue weighted by Gasteiger charge is -2.26. The standard InChI is InChI=1S/C20H32O2/c1-8-12-22-18-11-10-15(20(5,6)7)13-16(18)19(14(3)4)17(21)9-2/h10-11,13-14,19H,8-9,12H2,1-7H3. The van der Waals surface area contributed by atoms with Gasteiger partial charge in [0.25, 0.3) is 0 Å². The summed E-state index contributed by atoms with van der Waals surface area (Å²) < 4.78 is 5.93. The molecule has 0 aliphatic rings. The van der Waals surface area contributed by atoms with Gasteiger partial charge in [0.2, 0.25) is 0 Å². The third-order valence-electron chi connectivity index (χ3n) is 4.03. The van der Waals surface area contributed by atoms with Gasteiger partial charge in [-0.3, -0.25) is 4.79 Å². The second kappa shape index (κ2) is 7.80. The van der Waals surface area contributed by atoms with E-state index in [1.165, 1.54) is 5.56 Å². The van der Waals surface area contributed by atoms with Crippen LogP contribution in [0.15, 0.2) is 18.2 Å². The van der Waals surface area contributed by atoms with Gasteiger partial charge in [-0.2, -0.15) is 0 Å². The quantitative estimate of drug-likeness (QED) is 0.665. The molecule has 1 unspecified atom stereocenters. The number of carbonyl (C=O) groups is 1. The lowest BCUT2D eigenvalue weighted by atomic mass is 9.79. The van der Waals surface area contributed by atoms with Crippen LogP contribution in [0.3, 0.4) is 0 Å². The molecule has 0 amide bonds. The van der Waals surface area contributed by atoms with Crippen LogP contribution in [-0.2, 0) is 10.2 Å². The highest BCUT2D eigenvalue weighted by molar-refractivity contribution is 5.86. The van der Waals surface area contributed by atoms with E-state index in [9.17, 15) is 4.79 Å². The van der Waals surface area contributed by atoms with E-state index in [1.807, 2.05) is 13.0 Å². The highest BCUT2D eigenvalue weighted by Crippen LogP contribution is 2.37. The summed E-state index contributed by atoms with van der Waals surface area (Å²) in [5.41, 5.74) is 2.37. The fraction of sp³-hybridized carbons (Fsp3) is 0.650. The molecule has 0 aromatic heterocycles. The van der Waals surface area contributed by atoms with E-state index in [0.29, 0.717) is 18.8 Å². The molecule has 0 heterocycles. The Bertz CT molecular complexity index is 495. The Labute approximate surface area is 136 Å². The van der Waals surface area contributed by atoms with E-state index in [2.05, 4.69) is 53.7 Å². The van der Waals surface area contributed by atoms with Crippen molar-refractivity contribution in [2.75, 3.05) is 6.61 Å². The molecule has 0 saturated heterocycles. The molecule has 0 aliphatic heterocycles. The van der Waals surface area contributed by atoms with E-state index < -0.39 is 0 Å². The Morgan fingerprint density at radius 1 is 1.18 bits per heavy atom. The van der Waals surface area contributed by atoms with Crippen LogP contribution in [0.1, 0.15) is 78.4 Å². The fourth-order valence-electron chi connectivity index (χ4n) is 2.73. The lowest BCUT2D eigenvalue weighted by molar-refractivity contribution is -0.121. The fourth-order valence-corrected chi connectivity index (χ4v) is 2.73. The topological polar surface area (TPSA) is 26.3 Å². The molecule has 0 saturated carbocycles. The van der Waals surface area contributed by atoms with Crippen molar-refractivity contribution in [1.82, 2.24) is 0 Å². The second-order valence-corrected chi connectivity index (χ2v) is 7.39. The van der Waals surface area contributed by atoms with Gasteiger partial charge >= 0.3 is 0 Å². The minimum atomic E-state index is -0.0841. The normalized spacial score (nSPS) is 13.3. The largest absolute Gasteiger partial charge is 0.493 e. The molecule has 22 heavy (non-hydrogen) atoms. The van der Waals surface area contributed by atoms with Gasteiger partial charge in [0, 0.05) is 17.9 Å². The van der Waals surface area contributed by atoms with E-state index in [0.717, 1.165) is 17.7 Å². The van der Waals surface area contributed by atoms with Crippen molar-refractivity contribution in [3.8, 4) is 5.75 Å². The van der Waals surface area contributed by atoms with Crippen LogP contribution in [-0.4, -0.2) is 12.4 Å². The smallest absolute Gasteiger partial charge is 0.140 e. The number of ether oxygens (including phenoxy) is 1. The van der Waals surface area contributed by atoms with Crippen molar-refractivity contribution in [1.29, 1.82) is 0 Å². The first kappa shape index (κ1) is 18.7. The summed E-state index contributed by atoms with van der Waals surface area (Å²) >= 11 is 0. The van der Waals surface area contributed by atoms with Crippen molar-refractivity contribution >= 4 is 5.78 Å². The number of ketones is 1. The summed E-state index contributed by atoms with van der Waals surface area (Å²) in [6.45, 7) is 15.6. The molecule has 0 N–H and O–H groups in total. The van der Waals surface area contributed by atoms with E-state index >= 15 is 0 Å². The van der Waals surface area contributed by atoms with E-state index in [-0.39, 0.29) is 17.3 Å². The number of carbonyl (C=O) groups excluding carboxylic acids is 1. The number of benzene rings is 1. The van der Waals surface area contributed by atoms with Crippen LogP contribution in [0.2, 0.25) is 0 Å². The number of Topliss-reactive ketones (excluding diaryl/α,β-unsaturated/α-hetero) is 1. The summed E-state index contributed by atoms with van der Waals surface area (Å²) in [5, 5.41) is 0. The van der Waals surface area contributed by atoms with Gasteiger partial charge in [-0.15, -0.1) is 0 Å². The predicted octanol–water partition coefficient (Wildman–Crippen LogP) is 5.49.